The predicted octanol–water partition coefficient (Wildman–Crippen LogP) is 3.26. The number of nitriles is 1. The average molecular weight is 267 g/mol. The van der Waals surface area contributed by atoms with Crippen molar-refractivity contribution in [1.29, 1.82) is 5.26 Å². The highest BCUT2D eigenvalue weighted by molar-refractivity contribution is 5.69. The maximum Gasteiger partial charge on any atom is 0.139 e. The van der Waals surface area contributed by atoms with E-state index in [0.717, 1.165) is 22.9 Å². The van der Waals surface area contributed by atoms with E-state index in [1.165, 1.54) is 6.33 Å². The Labute approximate surface area is 118 Å². The fourth-order valence-corrected chi connectivity index (χ4v) is 2.06. The third-order valence-corrected chi connectivity index (χ3v) is 3.00. The van der Waals surface area contributed by atoms with Crippen molar-refractivity contribution in [3.05, 3.63) is 41.7 Å². The molecule has 2 rings (SSSR count). The molecule has 0 radical (unpaired) electrons. The fourth-order valence-electron chi connectivity index (χ4n) is 2.06. The Bertz CT molecular complexity index is 643. The van der Waals surface area contributed by atoms with Crippen LogP contribution >= 0.6 is 0 Å². The van der Waals surface area contributed by atoms with Gasteiger partial charge in [0.2, 0.25) is 0 Å². The van der Waals surface area contributed by atoms with Gasteiger partial charge in [-0.15, -0.1) is 0 Å². The molecule has 2 aromatic rings. The van der Waals surface area contributed by atoms with E-state index in [1.54, 1.807) is 6.07 Å². The Balaban J connectivity index is 2.46. The zero-order chi connectivity index (χ0) is 14.5. The first-order valence-electron chi connectivity index (χ1n) is 6.46. The summed E-state index contributed by atoms with van der Waals surface area (Å²) in [5, 5.41) is 15.5. The number of benzene rings is 1. The normalized spacial score (nSPS) is 10.2. The third-order valence-electron chi connectivity index (χ3n) is 3.00. The van der Waals surface area contributed by atoms with Gasteiger partial charge < -0.3 is 10.6 Å². The molecule has 0 amide bonds. The van der Waals surface area contributed by atoms with Crippen LogP contribution in [0, 0.1) is 11.3 Å². The van der Waals surface area contributed by atoms with Crippen molar-refractivity contribution in [2.24, 2.45) is 0 Å². The molecule has 0 saturated heterocycles. The van der Waals surface area contributed by atoms with Crippen molar-refractivity contribution < 1.29 is 0 Å². The van der Waals surface area contributed by atoms with E-state index >= 15 is 0 Å². The van der Waals surface area contributed by atoms with E-state index in [4.69, 9.17) is 5.26 Å². The summed E-state index contributed by atoms with van der Waals surface area (Å²) in [6.45, 7) is 4.17. The van der Waals surface area contributed by atoms with Crippen molar-refractivity contribution in [2.45, 2.75) is 19.8 Å². The lowest BCUT2D eigenvalue weighted by molar-refractivity contribution is 0.852. The van der Waals surface area contributed by atoms with Crippen molar-refractivity contribution in [3.8, 4) is 6.07 Å². The van der Waals surface area contributed by atoms with Crippen LogP contribution in [0.5, 0.6) is 0 Å². The lowest BCUT2D eigenvalue weighted by Gasteiger charge is -2.17. The second-order valence-corrected chi connectivity index (χ2v) is 4.67. The van der Waals surface area contributed by atoms with Gasteiger partial charge in [0.25, 0.3) is 0 Å². The highest BCUT2D eigenvalue weighted by atomic mass is 15.1. The number of aromatic nitrogens is 2. The minimum Gasteiger partial charge on any atom is -0.373 e. The maximum absolute atomic E-state index is 9.14. The lowest BCUT2D eigenvalue weighted by Crippen LogP contribution is -2.07. The number of nitrogens with zero attached hydrogens (tertiary/aromatic N) is 3. The van der Waals surface area contributed by atoms with Crippen LogP contribution in [0.2, 0.25) is 0 Å². The number of nitrogens with one attached hydrogen (secondary N) is 2. The third kappa shape index (κ3) is 2.69. The molecule has 102 valence electrons. The van der Waals surface area contributed by atoms with E-state index in [9.17, 15) is 0 Å². The second kappa shape index (κ2) is 6.02. The van der Waals surface area contributed by atoms with Crippen LogP contribution in [-0.4, -0.2) is 17.0 Å². The Morgan fingerprint density at radius 3 is 2.50 bits per heavy atom. The molecule has 5 nitrogen and oxygen atoms in total. The summed E-state index contributed by atoms with van der Waals surface area (Å²) >= 11 is 0. The molecule has 1 aromatic carbocycles. The van der Waals surface area contributed by atoms with Crippen LogP contribution in [-0.2, 0) is 0 Å². The summed E-state index contributed by atoms with van der Waals surface area (Å²) in [4.78, 5) is 8.54. The summed E-state index contributed by atoms with van der Waals surface area (Å²) in [5.41, 5.74) is 2.34. The van der Waals surface area contributed by atoms with Gasteiger partial charge in [-0.1, -0.05) is 26.0 Å². The molecule has 0 bridgehead atoms. The van der Waals surface area contributed by atoms with Gasteiger partial charge in [0, 0.05) is 12.6 Å². The number of anilines is 3. The Kier molecular flexibility index (Phi) is 4.16. The van der Waals surface area contributed by atoms with Gasteiger partial charge in [0.15, 0.2) is 0 Å². The summed E-state index contributed by atoms with van der Waals surface area (Å²) in [5.74, 6) is 1.78. The monoisotopic (exact) mass is 267 g/mol. The van der Waals surface area contributed by atoms with Gasteiger partial charge in [0.1, 0.15) is 24.0 Å². The molecule has 20 heavy (non-hydrogen) atoms. The fraction of sp³-hybridized carbons (Fsp3) is 0.267. The first-order valence-corrected chi connectivity index (χ1v) is 6.46. The molecule has 0 fully saturated rings. The molecule has 2 N–H and O–H groups in total. The first kappa shape index (κ1) is 13.8. The average Bonchev–Trinajstić information content (AvgIpc) is 2.47. The molecule has 0 atom stereocenters. The van der Waals surface area contributed by atoms with Crippen molar-refractivity contribution in [3.63, 3.8) is 0 Å². The van der Waals surface area contributed by atoms with Crippen molar-refractivity contribution >= 4 is 17.3 Å². The SMILES string of the molecule is CNc1ncnc(Nc2ccccc2C#N)c1C(C)C. The molecule has 0 aliphatic carbocycles. The zero-order valence-corrected chi connectivity index (χ0v) is 11.8. The maximum atomic E-state index is 9.14. The summed E-state index contributed by atoms with van der Waals surface area (Å²) < 4.78 is 0. The molecular formula is C15H17N5. The largest absolute Gasteiger partial charge is 0.373 e. The van der Waals surface area contributed by atoms with Crippen molar-refractivity contribution in [1.82, 2.24) is 9.97 Å². The molecule has 0 aliphatic heterocycles. The van der Waals surface area contributed by atoms with E-state index in [-0.39, 0.29) is 5.92 Å². The van der Waals surface area contributed by atoms with Crippen LogP contribution < -0.4 is 10.6 Å². The van der Waals surface area contributed by atoms with Gasteiger partial charge in [-0.05, 0) is 18.1 Å². The van der Waals surface area contributed by atoms with Gasteiger partial charge in [-0.3, -0.25) is 0 Å². The molecule has 0 saturated carbocycles. The van der Waals surface area contributed by atoms with Crippen molar-refractivity contribution in [2.75, 3.05) is 17.7 Å². The van der Waals surface area contributed by atoms with Gasteiger partial charge in [-0.2, -0.15) is 5.26 Å². The lowest BCUT2D eigenvalue weighted by atomic mass is 10.0. The number of rotatable bonds is 4. The molecule has 0 spiro atoms. The molecule has 1 aromatic heterocycles. The van der Waals surface area contributed by atoms with Crippen LogP contribution in [0.4, 0.5) is 17.3 Å². The van der Waals surface area contributed by atoms with E-state index < -0.39 is 0 Å². The number of hydrogen-bond donors (Lipinski definition) is 2. The number of hydrogen-bond acceptors (Lipinski definition) is 5. The zero-order valence-electron chi connectivity index (χ0n) is 11.8. The van der Waals surface area contributed by atoms with Gasteiger partial charge in [-0.25, -0.2) is 9.97 Å². The van der Waals surface area contributed by atoms with Crippen LogP contribution in [0.3, 0.4) is 0 Å². The highest BCUT2D eigenvalue weighted by Gasteiger charge is 2.15. The summed E-state index contributed by atoms with van der Waals surface area (Å²) in [6.07, 6.45) is 1.51. The van der Waals surface area contributed by atoms with Crippen LogP contribution in [0.15, 0.2) is 30.6 Å². The Morgan fingerprint density at radius 2 is 1.85 bits per heavy atom. The Hall–Kier alpha value is -2.61. The highest BCUT2D eigenvalue weighted by Crippen LogP contribution is 2.30. The topological polar surface area (TPSA) is 73.6 Å². The molecule has 5 heteroatoms. The van der Waals surface area contributed by atoms with Gasteiger partial charge in [0.05, 0.1) is 11.3 Å². The standard InChI is InChI=1S/C15H17N5/c1-10(2)13-14(17-3)18-9-19-15(13)20-12-7-5-4-6-11(12)8-16/h4-7,9-10H,1-3H3,(H2,17,18,19,20). The van der Waals surface area contributed by atoms with Crippen LogP contribution in [0.1, 0.15) is 30.9 Å². The first-order chi connectivity index (χ1) is 9.67. The van der Waals surface area contributed by atoms with Crippen LogP contribution in [0.25, 0.3) is 0 Å². The van der Waals surface area contributed by atoms with E-state index in [2.05, 4.69) is 40.5 Å². The minimum absolute atomic E-state index is 0.260. The molecular weight excluding hydrogens is 250 g/mol. The van der Waals surface area contributed by atoms with Gasteiger partial charge >= 0.3 is 0 Å². The summed E-state index contributed by atoms with van der Waals surface area (Å²) in [6, 6.07) is 9.54. The molecule has 0 unspecified atom stereocenters. The molecule has 0 aliphatic rings. The minimum atomic E-state index is 0.260. The molecule has 1 heterocycles. The quantitative estimate of drug-likeness (QED) is 0.889. The second-order valence-electron chi connectivity index (χ2n) is 4.67. The predicted molar refractivity (Wildman–Crippen MR) is 80.1 cm³/mol. The van der Waals surface area contributed by atoms with E-state index in [0.29, 0.717) is 5.56 Å². The van der Waals surface area contributed by atoms with E-state index in [1.807, 2.05) is 25.2 Å². The summed E-state index contributed by atoms with van der Waals surface area (Å²) in [7, 11) is 1.83. The number of para-hydroxylation sites is 1. The smallest absolute Gasteiger partial charge is 0.139 e. The Morgan fingerprint density at radius 1 is 1.15 bits per heavy atom.